The molecule has 3 heteroatoms. The summed E-state index contributed by atoms with van der Waals surface area (Å²) in [6, 6.07) is 7.46. The van der Waals surface area contributed by atoms with E-state index in [1.165, 1.54) is 51.4 Å². The zero-order valence-corrected chi connectivity index (χ0v) is 14.4. The molecule has 1 aromatic rings. The molecule has 1 amide bonds. The van der Waals surface area contributed by atoms with Crippen molar-refractivity contribution in [3.63, 3.8) is 0 Å². The topological polar surface area (TPSA) is 49.3 Å². The van der Waals surface area contributed by atoms with Crippen LogP contribution in [0.4, 0.5) is 0 Å². The fourth-order valence-corrected chi connectivity index (χ4v) is 2.62. The van der Waals surface area contributed by atoms with E-state index >= 15 is 0 Å². The smallest absolute Gasteiger partial charge is 0.253 e. The van der Waals surface area contributed by atoms with E-state index in [1.54, 1.807) is 6.07 Å². The Morgan fingerprint density at radius 2 is 1.70 bits per heavy atom. The molecule has 2 N–H and O–H groups in total. The molecule has 0 aliphatic heterocycles. The van der Waals surface area contributed by atoms with Crippen molar-refractivity contribution in [1.82, 2.24) is 5.32 Å². The van der Waals surface area contributed by atoms with E-state index in [0.29, 0.717) is 5.56 Å². The molecule has 128 valence electrons. The number of hydrogen-bond acceptors (Lipinski definition) is 2. The Kier molecular flexibility index (Phi) is 10.9. The number of aliphatic hydroxyl groups is 1. The van der Waals surface area contributed by atoms with Gasteiger partial charge in [-0.3, -0.25) is 4.79 Å². The summed E-state index contributed by atoms with van der Waals surface area (Å²) in [6.07, 6.45) is 15.8. The van der Waals surface area contributed by atoms with E-state index in [0.717, 1.165) is 12.0 Å². The summed E-state index contributed by atoms with van der Waals surface area (Å²) in [7, 11) is 0. The second-order valence-corrected chi connectivity index (χ2v) is 5.92. The Hall–Kier alpha value is -1.61. The normalized spacial score (nSPS) is 11.0. The third kappa shape index (κ3) is 8.56. The third-order valence-electron chi connectivity index (χ3n) is 3.97. The highest BCUT2D eigenvalue weighted by Crippen LogP contribution is 2.13. The molecule has 1 aromatic carbocycles. The number of aliphatic hydroxyl groups excluding tert-OH is 1. The van der Waals surface area contributed by atoms with Gasteiger partial charge in [0.05, 0.1) is 0 Å². The maximum absolute atomic E-state index is 11.8. The van der Waals surface area contributed by atoms with Crippen molar-refractivity contribution in [1.29, 1.82) is 0 Å². The number of benzene rings is 1. The van der Waals surface area contributed by atoms with Crippen LogP contribution in [0.3, 0.4) is 0 Å². The van der Waals surface area contributed by atoms with E-state index in [4.69, 9.17) is 5.11 Å². The van der Waals surface area contributed by atoms with Gasteiger partial charge < -0.3 is 10.4 Å². The quantitative estimate of drug-likeness (QED) is 0.425. The number of unbranched alkanes of at least 4 members (excludes halogenated alkanes) is 8. The van der Waals surface area contributed by atoms with Gasteiger partial charge in [0.2, 0.25) is 0 Å². The molecule has 0 aliphatic rings. The number of allylic oxidation sites excluding steroid dienone is 1. The molecule has 3 nitrogen and oxygen atoms in total. The van der Waals surface area contributed by atoms with Crippen LogP contribution < -0.4 is 5.32 Å². The van der Waals surface area contributed by atoms with Crippen molar-refractivity contribution in [3.8, 4) is 0 Å². The molecule has 0 saturated heterocycles. The molecular formula is C20H31NO2. The number of carbonyl (C=O) groups is 1. The molecule has 0 bridgehead atoms. The molecule has 0 spiro atoms. The second-order valence-electron chi connectivity index (χ2n) is 5.92. The summed E-state index contributed by atoms with van der Waals surface area (Å²) >= 11 is 0. The van der Waals surface area contributed by atoms with E-state index < -0.39 is 0 Å². The van der Waals surface area contributed by atoms with E-state index in [9.17, 15) is 4.79 Å². The molecule has 0 aliphatic carbocycles. The highest BCUT2D eigenvalue weighted by Gasteiger charge is 2.07. The summed E-state index contributed by atoms with van der Waals surface area (Å²) in [5.74, 6) is -0.236. The van der Waals surface area contributed by atoms with Gasteiger partial charge in [0.15, 0.2) is 0 Å². The zero-order valence-electron chi connectivity index (χ0n) is 14.4. The summed E-state index contributed by atoms with van der Waals surface area (Å²) < 4.78 is 0. The van der Waals surface area contributed by atoms with Gasteiger partial charge in [0.1, 0.15) is 6.73 Å². The summed E-state index contributed by atoms with van der Waals surface area (Å²) in [5, 5.41) is 11.2. The molecule has 0 unspecified atom stereocenters. The van der Waals surface area contributed by atoms with Crippen molar-refractivity contribution in [3.05, 3.63) is 41.5 Å². The largest absolute Gasteiger partial charge is 0.376 e. The van der Waals surface area contributed by atoms with Crippen molar-refractivity contribution in [2.45, 2.75) is 64.7 Å². The van der Waals surface area contributed by atoms with E-state index in [-0.39, 0.29) is 12.6 Å². The first-order valence-electron chi connectivity index (χ1n) is 8.94. The van der Waals surface area contributed by atoms with E-state index in [2.05, 4.69) is 18.3 Å². The molecule has 0 radical (unpaired) electrons. The molecule has 0 heterocycles. The number of carbonyl (C=O) groups excluding carboxylic acids is 1. The SMILES string of the molecule is CCCCCCCCCCC=Cc1ccccc1C(=O)NCO. The van der Waals surface area contributed by atoms with Crippen LogP contribution in [0.5, 0.6) is 0 Å². The molecular weight excluding hydrogens is 286 g/mol. The number of amides is 1. The van der Waals surface area contributed by atoms with Crippen LogP contribution >= 0.6 is 0 Å². The van der Waals surface area contributed by atoms with Gasteiger partial charge in [-0.05, 0) is 24.5 Å². The Labute approximate surface area is 140 Å². The van der Waals surface area contributed by atoms with Gasteiger partial charge in [-0.2, -0.15) is 0 Å². The zero-order chi connectivity index (χ0) is 16.8. The van der Waals surface area contributed by atoms with Gasteiger partial charge in [-0.25, -0.2) is 0 Å². The highest BCUT2D eigenvalue weighted by molar-refractivity contribution is 5.97. The predicted molar refractivity (Wildman–Crippen MR) is 97.3 cm³/mol. The molecule has 0 fully saturated rings. The minimum absolute atomic E-state index is 0.236. The number of hydrogen-bond donors (Lipinski definition) is 2. The summed E-state index contributed by atoms with van der Waals surface area (Å²) in [4.78, 5) is 11.8. The standard InChI is InChI=1S/C20H31NO2/c1-2-3-4-5-6-7-8-9-10-11-14-18-15-12-13-16-19(18)20(23)21-17-22/h11-16,22H,2-10,17H2,1H3,(H,21,23). The van der Waals surface area contributed by atoms with Gasteiger partial charge in [0.25, 0.3) is 5.91 Å². The van der Waals surface area contributed by atoms with Crippen LogP contribution in [0.25, 0.3) is 6.08 Å². The minimum atomic E-state index is -0.338. The average Bonchev–Trinajstić information content (AvgIpc) is 2.57. The monoisotopic (exact) mass is 317 g/mol. The second kappa shape index (κ2) is 12.9. The summed E-state index contributed by atoms with van der Waals surface area (Å²) in [6.45, 7) is 1.91. The minimum Gasteiger partial charge on any atom is -0.376 e. The fraction of sp³-hybridized carbons (Fsp3) is 0.550. The Morgan fingerprint density at radius 3 is 2.39 bits per heavy atom. The lowest BCUT2D eigenvalue weighted by atomic mass is 10.0. The Morgan fingerprint density at radius 1 is 1.04 bits per heavy atom. The molecule has 0 aromatic heterocycles. The molecule has 23 heavy (non-hydrogen) atoms. The lowest BCUT2D eigenvalue weighted by Gasteiger charge is -2.05. The van der Waals surface area contributed by atoms with Crippen molar-refractivity contribution in [2.75, 3.05) is 6.73 Å². The van der Waals surface area contributed by atoms with Crippen LogP contribution in [0.15, 0.2) is 30.3 Å². The number of rotatable bonds is 12. The van der Waals surface area contributed by atoms with Gasteiger partial charge in [-0.15, -0.1) is 0 Å². The fourth-order valence-electron chi connectivity index (χ4n) is 2.62. The van der Waals surface area contributed by atoms with Crippen LogP contribution in [0, 0.1) is 0 Å². The van der Waals surface area contributed by atoms with Gasteiger partial charge >= 0.3 is 0 Å². The third-order valence-corrected chi connectivity index (χ3v) is 3.97. The van der Waals surface area contributed by atoms with Gasteiger partial charge in [0, 0.05) is 5.56 Å². The average molecular weight is 317 g/mol. The van der Waals surface area contributed by atoms with Crippen molar-refractivity contribution in [2.24, 2.45) is 0 Å². The highest BCUT2D eigenvalue weighted by atomic mass is 16.3. The van der Waals surface area contributed by atoms with Crippen LogP contribution in [-0.4, -0.2) is 17.7 Å². The first-order chi connectivity index (χ1) is 11.3. The lowest BCUT2D eigenvalue weighted by Crippen LogP contribution is -2.24. The first-order valence-corrected chi connectivity index (χ1v) is 8.94. The predicted octanol–water partition coefficient (Wildman–Crippen LogP) is 4.91. The molecule has 0 saturated carbocycles. The summed E-state index contributed by atoms with van der Waals surface area (Å²) in [5.41, 5.74) is 1.51. The van der Waals surface area contributed by atoms with Gasteiger partial charge in [-0.1, -0.05) is 82.2 Å². The maximum atomic E-state index is 11.8. The molecule has 0 atom stereocenters. The lowest BCUT2D eigenvalue weighted by molar-refractivity contribution is 0.0910. The van der Waals surface area contributed by atoms with Crippen LogP contribution in [-0.2, 0) is 0 Å². The maximum Gasteiger partial charge on any atom is 0.253 e. The van der Waals surface area contributed by atoms with Crippen LogP contribution in [0.1, 0.15) is 80.6 Å². The molecule has 1 rings (SSSR count). The Balaban J connectivity index is 2.26. The Bertz CT molecular complexity index is 468. The van der Waals surface area contributed by atoms with E-state index in [1.807, 2.05) is 24.3 Å². The first kappa shape index (κ1) is 19.4. The van der Waals surface area contributed by atoms with Crippen LogP contribution in [0.2, 0.25) is 0 Å². The van der Waals surface area contributed by atoms with Crippen molar-refractivity contribution < 1.29 is 9.90 Å². The van der Waals surface area contributed by atoms with Crippen molar-refractivity contribution >= 4 is 12.0 Å². The number of nitrogens with one attached hydrogen (secondary N) is 1.